The van der Waals surface area contributed by atoms with Gasteiger partial charge < -0.3 is 4.90 Å². The summed E-state index contributed by atoms with van der Waals surface area (Å²) in [4.78, 5) is 2.54. The van der Waals surface area contributed by atoms with Crippen LogP contribution >= 0.6 is 11.6 Å². The van der Waals surface area contributed by atoms with Crippen LogP contribution in [0.3, 0.4) is 0 Å². The highest BCUT2D eigenvalue weighted by Crippen LogP contribution is 2.22. The Hall–Kier alpha value is 0.250. The Labute approximate surface area is 87.4 Å². The lowest BCUT2D eigenvalue weighted by Gasteiger charge is -2.23. The highest BCUT2D eigenvalue weighted by molar-refractivity contribution is 6.17. The molecule has 0 unspecified atom stereocenters. The SMILES string of the molecule is CN(CCCCCCl)C1CCCC1. The Balaban J connectivity index is 1.99. The van der Waals surface area contributed by atoms with E-state index in [1.165, 1.54) is 51.5 Å². The maximum absolute atomic E-state index is 5.63. The molecule has 0 heterocycles. The van der Waals surface area contributed by atoms with Gasteiger partial charge in [0.05, 0.1) is 0 Å². The molecule has 0 aliphatic heterocycles. The van der Waals surface area contributed by atoms with Gasteiger partial charge >= 0.3 is 0 Å². The van der Waals surface area contributed by atoms with Crippen molar-refractivity contribution in [3.8, 4) is 0 Å². The van der Waals surface area contributed by atoms with Crippen LogP contribution in [0.15, 0.2) is 0 Å². The number of rotatable bonds is 6. The molecule has 1 aliphatic carbocycles. The van der Waals surface area contributed by atoms with Gasteiger partial charge in [0.25, 0.3) is 0 Å². The zero-order chi connectivity index (χ0) is 9.52. The lowest BCUT2D eigenvalue weighted by molar-refractivity contribution is 0.241. The summed E-state index contributed by atoms with van der Waals surface area (Å²) in [6.45, 7) is 1.27. The minimum atomic E-state index is 0.827. The van der Waals surface area contributed by atoms with Gasteiger partial charge in [-0.15, -0.1) is 11.6 Å². The Bertz CT molecular complexity index is 121. The van der Waals surface area contributed by atoms with Gasteiger partial charge in [-0.05, 0) is 39.3 Å². The third-order valence-corrected chi connectivity index (χ3v) is 3.36. The van der Waals surface area contributed by atoms with Crippen LogP contribution < -0.4 is 0 Å². The molecular formula is C11H22ClN. The maximum Gasteiger partial charge on any atom is 0.0223 e. The zero-order valence-corrected chi connectivity index (χ0v) is 9.52. The van der Waals surface area contributed by atoms with Crippen LogP contribution in [0.25, 0.3) is 0 Å². The van der Waals surface area contributed by atoms with Crippen LogP contribution in [0, 0.1) is 0 Å². The molecule has 0 aromatic heterocycles. The first kappa shape index (κ1) is 11.3. The fourth-order valence-corrected chi connectivity index (χ4v) is 2.35. The first-order valence-electron chi connectivity index (χ1n) is 5.61. The second-order valence-corrected chi connectivity index (χ2v) is 4.55. The van der Waals surface area contributed by atoms with Crippen LogP contribution in [-0.2, 0) is 0 Å². The molecule has 0 aromatic rings. The van der Waals surface area contributed by atoms with E-state index in [0.29, 0.717) is 0 Å². The van der Waals surface area contributed by atoms with Crippen LogP contribution in [0.4, 0.5) is 0 Å². The molecule has 1 nitrogen and oxygen atoms in total. The smallest absolute Gasteiger partial charge is 0.0223 e. The molecule has 1 saturated carbocycles. The van der Waals surface area contributed by atoms with E-state index in [0.717, 1.165) is 11.9 Å². The van der Waals surface area contributed by atoms with Gasteiger partial charge in [-0.2, -0.15) is 0 Å². The van der Waals surface area contributed by atoms with Crippen LogP contribution in [-0.4, -0.2) is 30.4 Å². The summed E-state index contributed by atoms with van der Waals surface area (Å²) in [5.41, 5.74) is 0. The average molecular weight is 204 g/mol. The molecule has 0 spiro atoms. The lowest BCUT2D eigenvalue weighted by atomic mass is 10.2. The van der Waals surface area contributed by atoms with Crippen LogP contribution in [0.2, 0.25) is 0 Å². The second-order valence-electron chi connectivity index (χ2n) is 4.17. The van der Waals surface area contributed by atoms with E-state index in [-0.39, 0.29) is 0 Å². The fourth-order valence-electron chi connectivity index (χ4n) is 2.16. The molecular weight excluding hydrogens is 182 g/mol. The summed E-state index contributed by atoms with van der Waals surface area (Å²) in [6.07, 6.45) is 9.52. The van der Waals surface area contributed by atoms with Gasteiger partial charge in [0.2, 0.25) is 0 Å². The third kappa shape index (κ3) is 4.33. The van der Waals surface area contributed by atoms with E-state index in [1.807, 2.05) is 0 Å². The molecule has 0 atom stereocenters. The highest BCUT2D eigenvalue weighted by Gasteiger charge is 2.18. The van der Waals surface area contributed by atoms with Crippen molar-refractivity contribution in [2.24, 2.45) is 0 Å². The van der Waals surface area contributed by atoms with Gasteiger partial charge in [0.15, 0.2) is 0 Å². The molecule has 2 heteroatoms. The number of nitrogens with zero attached hydrogens (tertiary/aromatic N) is 1. The fraction of sp³-hybridized carbons (Fsp3) is 1.00. The van der Waals surface area contributed by atoms with Crippen molar-refractivity contribution in [2.45, 2.75) is 51.0 Å². The van der Waals surface area contributed by atoms with E-state index >= 15 is 0 Å². The zero-order valence-electron chi connectivity index (χ0n) is 8.77. The monoisotopic (exact) mass is 203 g/mol. The second kappa shape index (κ2) is 6.67. The van der Waals surface area contributed by atoms with E-state index in [9.17, 15) is 0 Å². The molecule has 1 aliphatic rings. The minimum absolute atomic E-state index is 0.827. The first-order chi connectivity index (χ1) is 6.34. The molecule has 0 aromatic carbocycles. The topological polar surface area (TPSA) is 3.24 Å². The maximum atomic E-state index is 5.63. The highest BCUT2D eigenvalue weighted by atomic mass is 35.5. The standard InChI is InChI=1S/C11H22ClN/c1-13(10-6-2-5-9-12)11-7-3-4-8-11/h11H,2-10H2,1H3. The molecule has 1 rings (SSSR count). The molecule has 0 radical (unpaired) electrons. The summed E-state index contributed by atoms with van der Waals surface area (Å²) in [6, 6.07) is 0.885. The van der Waals surface area contributed by atoms with Crippen molar-refractivity contribution in [1.29, 1.82) is 0 Å². The number of halogens is 1. The average Bonchev–Trinajstić information content (AvgIpc) is 2.65. The summed E-state index contributed by atoms with van der Waals surface area (Å²) >= 11 is 5.63. The quantitative estimate of drug-likeness (QED) is 0.473. The number of unbranched alkanes of at least 4 members (excludes halogenated alkanes) is 2. The number of hydrogen-bond donors (Lipinski definition) is 0. The van der Waals surface area contributed by atoms with E-state index in [4.69, 9.17) is 11.6 Å². The van der Waals surface area contributed by atoms with Crippen molar-refractivity contribution >= 4 is 11.6 Å². The van der Waals surface area contributed by atoms with Gasteiger partial charge in [-0.25, -0.2) is 0 Å². The normalized spacial score (nSPS) is 18.7. The number of hydrogen-bond acceptors (Lipinski definition) is 1. The Morgan fingerprint density at radius 3 is 2.46 bits per heavy atom. The molecule has 13 heavy (non-hydrogen) atoms. The van der Waals surface area contributed by atoms with E-state index in [1.54, 1.807) is 0 Å². The van der Waals surface area contributed by atoms with Gasteiger partial charge in [-0.1, -0.05) is 19.3 Å². The molecule has 0 bridgehead atoms. The first-order valence-corrected chi connectivity index (χ1v) is 6.14. The summed E-state index contributed by atoms with van der Waals surface area (Å²) in [7, 11) is 2.27. The van der Waals surface area contributed by atoms with Gasteiger partial charge in [-0.3, -0.25) is 0 Å². The summed E-state index contributed by atoms with van der Waals surface area (Å²) < 4.78 is 0. The van der Waals surface area contributed by atoms with Crippen molar-refractivity contribution in [3.05, 3.63) is 0 Å². The van der Waals surface area contributed by atoms with Crippen LogP contribution in [0.5, 0.6) is 0 Å². The Kier molecular flexibility index (Phi) is 5.81. The molecule has 1 fully saturated rings. The predicted molar refractivity (Wildman–Crippen MR) is 59.5 cm³/mol. The summed E-state index contributed by atoms with van der Waals surface area (Å²) in [5, 5.41) is 0. The van der Waals surface area contributed by atoms with Crippen molar-refractivity contribution in [2.75, 3.05) is 19.5 Å². The largest absolute Gasteiger partial charge is 0.303 e. The Morgan fingerprint density at radius 1 is 1.15 bits per heavy atom. The van der Waals surface area contributed by atoms with Gasteiger partial charge in [0.1, 0.15) is 0 Å². The minimum Gasteiger partial charge on any atom is -0.303 e. The van der Waals surface area contributed by atoms with Crippen molar-refractivity contribution in [1.82, 2.24) is 4.90 Å². The molecule has 0 saturated heterocycles. The summed E-state index contributed by atoms with van der Waals surface area (Å²) in [5.74, 6) is 0.827. The predicted octanol–water partition coefficient (Wildman–Crippen LogP) is 3.27. The Morgan fingerprint density at radius 2 is 1.85 bits per heavy atom. The van der Waals surface area contributed by atoms with E-state index < -0.39 is 0 Å². The molecule has 0 amide bonds. The van der Waals surface area contributed by atoms with Crippen LogP contribution in [0.1, 0.15) is 44.9 Å². The molecule has 78 valence electrons. The van der Waals surface area contributed by atoms with E-state index in [2.05, 4.69) is 11.9 Å². The lowest BCUT2D eigenvalue weighted by Crippen LogP contribution is -2.29. The third-order valence-electron chi connectivity index (χ3n) is 3.09. The van der Waals surface area contributed by atoms with Crippen molar-refractivity contribution in [3.63, 3.8) is 0 Å². The van der Waals surface area contributed by atoms with Crippen molar-refractivity contribution < 1.29 is 0 Å². The molecule has 0 N–H and O–H groups in total. The number of alkyl halides is 1. The van der Waals surface area contributed by atoms with Gasteiger partial charge in [0, 0.05) is 11.9 Å².